The minimum atomic E-state index is -4.43. The van der Waals surface area contributed by atoms with Gasteiger partial charge >= 0.3 is 16.4 Å². The Kier molecular flexibility index (Phi) is 11.5. The number of nitrogens with one attached hydrogen (secondary N) is 3. The Morgan fingerprint density at radius 1 is 1.00 bits per heavy atom. The van der Waals surface area contributed by atoms with Crippen molar-refractivity contribution in [2.24, 2.45) is 11.3 Å². The van der Waals surface area contributed by atoms with Crippen LogP contribution in [0.25, 0.3) is 10.8 Å². The molecule has 0 bridgehead atoms. The van der Waals surface area contributed by atoms with E-state index in [-0.39, 0.29) is 37.8 Å². The second-order valence-electron chi connectivity index (χ2n) is 16.1. The van der Waals surface area contributed by atoms with E-state index in [2.05, 4.69) is 17.2 Å². The summed E-state index contributed by atoms with van der Waals surface area (Å²) in [5.41, 5.74) is -2.41. The summed E-state index contributed by atoms with van der Waals surface area (Å²) in [4.78, 5) is 57.4. The van der Waals surface area contributed by atoms with E-state index < -0.39 is 69.4 Å². The van der Waals surface area contributed by atoms with Crippen molar-refractivity contribution >= 4 is 44.9 Å². The van der Waals surface area contributed by atoms with Crippen molar-refractivity contribution in [2.45, 2.75) is 121 Å². The predicted molar refractivity (Wildman–Crippen MR) is 200 cm³/mol. The molecule has 2 aromatic rings. The molecule has 1 saturated heterocycles. The number of carbonyl (C=O) groups is 4. The second-order valence-corrected chi connectivity index (χ2v) is 17.4. The van der Waals surface area contributed by atoms with E-state index in [4.69, 9.17) is 18.4 Å². The second kappa shape index (κ2) is 15.8. The van der Waals surface area contributed by atoms with Crippen LogP contribution in [0, 0.1) is 11.3 Å². The standard InChI is InChI=1S/C39H52N4O10S/c1-6-24-18-19-39(22-24,36(46)42-54(48,49)53-27-14-15-27)41-34(44)31-21-29(51-32-13-9-10-25-20-28(50-5)16-17-30(25)32)23-43(31)35(45)33(38(2,3)4)40-37(47)52-26-11-7-8-12-26/h6,9-10,13,16-17,20,24,26-27,29,31,33H,1,7-8,11-12,14-15,18-19,21-23H2,2-5H3,(H,40,47)(H,41,44)(H,42,46)/t24?,29-,31?,33?,39-/m1/s1. The number of hydrogen-bond donors (Lipinski definition) is 3. The van der Waals surface area contributed by atoms with Gasteiger partial charge in [-0.1, -0.05) is 39.0 Å². The molecule has 1 heterocycles. The smallest absolute Gasteiger partial charge is 0.408 e. The first-order valence-electron chi connectivity index (χ1n) is 18.8. The molecule has 3 unspecified atom stereocenters. The van der Waals surface area contributed by atoms with E-state index in [1.807, 2.05) is 61.9 Å². The highest BCUT2D eigenvalue weighted by molar-refractivity contribution is 7.85. The van der Waals surface area contributed by atoms with Gasteiger partial charge in [0, 0.05) is 11.8 Å². The molecule has 54 heavy (non-hydrogen) atoms. The molecule has 4 aliphatic rings. The summed E-state index contributed by atoms with van der Waals surface area (Å²) in [7, 11) is -2.85. The number of rotatable bonds is 13. The van der Waals surface area contributed by atoms with E-state index in [0.29, 0.717) is 30.8 Å². The van der Waals surface area contributed by atoms with E-state index in [0.717, 1.165) is 36.5 Å². The summed E-state index contributed by atoms with van der Waals surface area (Å²) in [6.07, 6.45) is 4.94. The van der Waals surface area contributed by atoms with Crippen LogP contribution in [-0.2, 0) is 33.6 Å². The fourth-order valence-corrected chi connectivity index (χ4v) is 8.72. The first kappa shape index (κ1) is 39.3. The Morgan fingerprint density at radius 3 is 2.39 bits per heavy atom. The van der Waals surface area contributed by atoms with Gasteiger partial charge in [0.15, 0.2) is 0 Å². The monoisotopic (exact) mass is 768 g/mol. The number of benzene rings is 2. The number of alkyl carbamates (subject to hydrolysis) is 1. The Labute approximate surface area is 316 Å². The molecule has 4 fully saturated rings. The van der Waals surface area contributed by atoms with Gasteiger partial charge in [0.25, 0.3) is 5.91 Å². The first-order chi connectivity index (χ1) is 25.6. The lowest BCUT2D eigenvalue weighted by Gasteiger charge is -2.36. The molecule has 3 N–H and O–H groups in total. The number of ether oxygens (including phenoxy) is 3. The third-order valence-electron chi connectivity index (χ3n) is 10.8. The van der Waals surface area contributed by atoms with Crippen molar-refractivity contribution in [3.05, 3.63) is 49.1 Å². The Morgan fingerprint density at radius 2 is 1.74 bits per heavy atom. The summed E-state index contributed by atoms with van der Waals surface area (Å²) < 4.78 is 50.1. The number of hydrogen-bond acceptors (Lipinski definition) is 10. The van der Waals surface area contributed by atoms with Gasteiger partial charge in [0.05, 0.1) is 19.8 Å². The van der Waals surface area contributed by atoms with Crippen molar-refractivity contribution in [3.8, 4) is 11.5 Å². The van der Waals surface area contributed by atoms with Crippen LogP contribution < -0.4 is 24.8 Å². The van der Waals surface area contributed by atoms with Gasteiger partial charge in [-0.2, -0.15) is 8.42 Å². The molecular formula is C39H52N4O10S. The molecule has 14 nitrogen and oxygen atoms in total. The van der Waals surface area contributed by atoms with Crippen LogP contribution in [0.5, 0.6) is 11.5 Å². The van der Waals surface area contributed by atoms with Crippen molar-refractivity contribution in [2.75, 3.05) is 13.7 Å². The highest BCUT2D eigenvalue weighted by atomic mass is 32.2. The molecule has 294 valence electrons. The SMILES string of the molecule is C=CC1CC[C@](NC(=O)C2C[C@@H](Oc3cccc4cc(OC)ccc34)CN2C(=O)C(NC(=O)OC2CCCC2)C(C)(C)C)(C(=O)NS(=O)(=O)OC2CC2)C1. The molecule has 0 spiro atoms. The van der Waals surface area contributed by atoms with Crippen LogP contribution in [0.1, 0.15) is 85.0 Å². The third-order valence-corrected chi connectivity index (χ3v) is 11.8. The fourth-order valence-electron chi connectivity index (χ4n) is 7.70. The zero-order valence-corrected chi connectivity index (χ0v) is 32.2. The Balaban J connectivity index is 1.28. The van der Waals surface area contributed by atoms with Gasteiger partial charge in [0.1, 0.15) is 41.3 Å². The molecule has 0 aromatic heterocycles. The normalized spacial score (nSPS) is 25.2. The van der Waals surface area contributed by atoms with E-state index in [1.165, 1.54) is 4.90 Å². The van der Waals surface area contributed by atoms with Crippen molar-refractivity contribution < 1.29 is 46.0 Å². The molecule has 1 aliphatic heterocycles. The summed E-state index contributed by atoms with van der Waals surface area (Å²) in [6, 6.07) is 8.93. The fraction of sp³-hybridized carbons (Fsp3) is 0.590. The zero-order chi connectivity index (χ0) is 38.8. The van der Waals surface area contributed by atoms with Crippen LogP contribution in [0.2, 0.25) is 0 Å². The number of nitrogens with zero attached hydrogens (tertiary/aromatic N) is 1. The maximum Gasteiger partial charge on any atom is 0.408 e. The van der Waals surface area contributed by atoms with Crippen molar-refractivity contribution in [1.29, 1.82) is 0 Å². The van der Waals surface area contributed by atoms with Crippen LogP contribution in [0.4, 0.5) is 4.79 Å². The van der Waals surface area contributed by atoms with E-state index >= 15 is 0 Å². The van der Waals surface area contributed by atoms with Gasteiger partial charge in [-0.15, -0.1) is 6.58 Å². The maximum atomic E-state index is 14.6. The summed E-state index contributed by atoms with van der Waals surface area (Å²) in [5.74, 6) is -1.05. The van der Waals surface area contributed by atoms with Crippen LogP contribution >= 0.6 is 0 Å². The molecule has 3 saturated carbocycles. The number of methoxy groups -OCH3 is 1. The first-order valence-corrected chi connectivity index (χ1v) is 20.2. The highest BCUT2D eigenvalue weighted by Crippen LogP contribution is 2.38. The van der Waals surface area contributed by atoms with E-state index in [1.54, 1.807) is 13.2 Å². The molecule has 3 aliphatic carbocycles. The maximum absolute atomic E-state index is 14.6. The number of fused-ring (bicyclic) bond motifs is 1. The number of likely N-dealkylation sites (tertiary alicyclic amines) is 1. The lowest BCUT2D eigenvalue weighted by atomic mass is 9.85. The van der Waals surface area contributed by atoms with Gasteiger partial charge < -0.3 is 29.7 Å². The number of amides is 4. The summed E-state index contributed by atoms with van der Waals surface area (Å²) in [5, 5.41) is 7.34. The third kappa shape index (κ3) is 9.11. The average molecular weight is 769 g/mol. The lowest BCUT2D eigenvalue weighted by Crippen LogP contribution is -2.63. The molecular weight excluding hydrogens is 717 g/mol. The Bertz CT molecular complexity index is 1870. The van der Waals surface area contributed by atoms with Crippen molar-refractivity contribution in [3.63, 3.8) is 0 Å². The number of allylic oxidation sites excluding steroid dienone is 1. The zero-order valence-electron chi connectivity index (χ0n) is 31.4. The Hall–Kier alpha value is -4.37. The molecule has 5 atom stereocenters. The molecule has 6 rings (SSSR count). The summed E-state index contributed by atoms with van der Waals surface area (Å²) >= 11 is 0. The minimum absolute atomic E-state index is 0.00647. The molecule has 15 heteroatoms. The van der Waals surface area contributed by atoms with Crippen LogP contribution in [-0.4, -0.2) is 86.7 Å². The largest absolute Gasteiger partial charge is 0.497 e. The van der Waals surface area contributed by atoms with Crippen LogP contribution in [0.3, 0.4) is 0 Å². The highest BCUT2D eigenvalue weighted by Gasteiger charge is 2.51. The molecule has 4 amide bonds. The topological polar surface area (TPSA) is 179 Å². The van der Waals surface area contributed by atoms with Gasteiger partial charge in [-0.05, 0) is 98.8 Å². The quantitative estimate of drug-likeness (QED) is 0.243. The molecule has 2 aromatic carbocycles. The lowest BCUT2D eigenvalue weighted by molar-refractivity contribution is -0.143. The van der Waals surface area contributed by atoms with Gasteiger partial charge in [-0.3, -0.25) is 18.6 Å². The minimum Gasteiger partial charge on any atom is -0.497 e. The molecule has 0 radical (unpaired) electrons. The van der Waals surface area contributed by atoms with Crippen LogP contribution in [0.15, 0.2) is 49.1 Å². The van der Waals surface area contributed by atoms with Crippen molar-refractivity contribution in [1.82, 2.24) is 20.3 Å². The predicted octanol–water partition coefficient (Wildman–Crippen LogP) is 4.66. The van der Waals surface area contributed by atoms with Gasteiger partial charge in [0.2, 0.25) is 11.8 Å². The number of carbonyl (C=O) groups excluding carboxylic acids is 4. The average Bonchev–Trinajstić information content (AvgIpc) is 3.46. The van der Waals surface area contributed by atoms with E-state index in [9.17, 15) is 27.6 Å². The van der Waals surface area contributed by atoms with Gasteiger partial charge in [-0.25, -0.2) is 9.52 Å². The summed E-state index contributed by atoms with van der Waals surface area (Å²) in [6.45, 7) is 9.28.